The number of carbonyl (C=O) groups excluding carboxylic acids is 2. The molecule has 522 valence electrons. The van der Waals surface area contributed by atoms with E-state index in [0.717, 1.165) is 116 Å². The van der Waals surface area contributed by atoms with Gasteiger partial charge in [-0.1, -0.05) is 359 Å². The smallest absolute Gasteiger partial charge is 0.462 e. The van der Waals surface area contributed by atoms with Gasteiger partial charge in [0.05, 0.1) is 13.2 Å². The van der Waals surface area contributed by atoms with Gasteiger partial charge in [-0.2, -0.15) is 0 Å². The van der Waals surface area contributed by atoms with E-state index in [-0.39, 0.29) is 38.6 Å². The van der Waals surface area contributed by atoms with Crippen LogP contribution in [0.2, 0.25) is 0 Å². The Balaban J connectivity index is 3.93. The van der Waals surface area contributed by atoms with Gasteiger partial charge in [0.25, 0.3) is 0 Å². The van der Waals surface area contributed by atoms with E-state index >= 15 is 0 Å². The number of phosphoric ester groups is 1. The predicted molar refractivity (Wildman–Crippen MR) is 394 cm³/mol. The van der Waals surface area contributed by atoms with Gasteiger partial charge < -0.3 is 20.1 Å². The van der Waals surface area contributed by atoms with Gasteiger partial charge in [0.2, 0.25) is 0 Å². The van der Waals surface area contributed by atoms with E-state index in [1.54, 1.807) is 0 Å². The Morgan fingerprint density at radius 1 is 0.341 bits per heavy atom. The zero-order valence-corrected chi connectivity index (χ0v) is 59.7. The van der Waals surface area contributed by atoms with Gasteiger partial charge in [0.15, 0.2) is 6.10 Å². The van der Waals surface area contributed by atoms with E-state index in [1.165, 1.54) is 186 Å². The summed E-state index contributed by atoms with van der Waals surface area (Å²) in [6.07, 6.45) is 107. The molecule has 0 saturated carbocycles. The largest absolute Gasteiger partial charge is 0.472 e. The van der Waals surface area contributed by atoms with Crippen LogP contribution in [0.4, 0.5) is 0 Å². The number of carbonyl (C=O) groups is 2. The summed E-state index contributed by atoms with van der Waals surface area (Å²) in [5, 5.41) is 0. The van der Waals surface area contributed by atoms with Gasteiger partial charge in [-0.05, 0) is 96.3 Å². The molecule has 0 fully saturated rings. The third kappa shape index (κ3) is 75.1. The van der Waals surface area contributed by atoms with Crippen molar-refractivity contribution in [2.45, 2.75) is 341 Å². The molecule has 0 bridgehead atoms. The summed E-state index contributed by atoms with van der Waals surface area (Å²) in [5.41, 5.74) is 5.41. The minimum atomic E-state index is -4.41. The first-order valence-corrected chi connectivity index (χ1v) is 39.2. The van der Waals surface area contributed by atoms with E-state index < -0.39 is 26.5 Å². The lowest BCUT2D eigenvalue weighted by molar-refractivity contribution is -0.161. The molecule has 2 atom stereocenters. The van der Waals surface area contributed by atoms with E-state index in [2.05, 4.69) is 148 Å². The Bertz CT molecular complexity index is 1960. The lowest BCUT2D eigenvalue weighted by atomic mass is 10.0. The number of nitrogens with two attached hydrogens (primary N) is 1. The summed E-state index contributed by atoms with van der Waals surface area (Å²) >= 11 is 0. The molecule has 0 aromatic carbocycles. The number of esters is 2. The van der Waals surface area contributed by atoms with Gasteiger partial charge >= 0.3 is 19.8 Å². The number of hydrogen-bond acceptors (Lipinski definition) is 8. The quantitative estimate of drug-likeness (QED) is 0.0264. The molecule has 9 nitrogen and oxygen atoms in total. The summed E-state index contributed by atoms with van der Waals surface area (Å²) in [4.78, 5) is 35.4. The number of rotatable bonds is 70. The zero-order valence-electron chi connectivity index (χ0n) is 58.8. The average molecular weight is 1290 g/mol. The average Bonchev–Trinajstić information content (AvgIpc) is 3.74. The number of ether oxygens (including phenoxy) is 2. The highest BCUT2D eigenvalue weighted by molar-refractivity contribution is 7.47. The Kier molecular flexibility index (Phi) is 72.0. The van der Waals surface area contributed by atoms with Crippen molar-refractivity contribution in [3.05, 3.63) is 134 Å². The normalized spacial score (nSPS) is 13.7. The SMILES string of the molecule is CC/C=C\C/C=C\C/C=C\C/C=C\C/C=C\C/C=C\C/C=C\C/C=C\C/C=C\C/C=C\C/C=C\CCCCCCCCCC(=O)OC(COC(=O)CCCCCCCCCCCCCCCCCCCCCCCCCCCCCCC)COP(=O)(O)OCCN. The number of unbranched alkanes of at least 4 members (excludes halogenated alkanes) is 35. The van der Waals surface area contributed by atoms with Crippen LogP contribution in [0, 0.1) is 0 Å². The highest BCUT2D eigenvalue weighted by Gasteiger charge is 2.26. The molecule has 0 aliphatic rings. The van der Waals surface area contributed by atoms with E-state index in [1.807, 2.05) is 0 Å². The third-order valence-corrected chi connectivity index (χ3v) is 17.0. The maximum atomic E-state index is 12.8. The molecular weight excluding hydrogens is 1150 g/mol. The second-order valence-electron chi connectivity index (χ2n) is 24.8. The highest BCUT2D eigenvalue weighted by Crippen LogP contribution is 2.43. The van der Waals surface area contributed by atoms with Crippen LogP contribution in [-0.2, 0) is 32.7 Å². The van der Waals surface area contributed by atoms with Crippen molar-refractivity contribution >= 4 is 19.8 Å². The fourth-order valence-electron chi connectivity index (χ4n) is 10.5. The maximum absolute atomic E-state index is 12.8. The van der Waals surface area contributed by atoms with Gasteiger partial charge in [0, 0.05) is 19.4 Å². The number of allylic oxidation sites excluding steroid dienone is 22. The summed E-state index contributed by atoms with van der Waals surface area (Å²) < 4.78 is 33.2. The van der Waals surface area contributed by atoms with Crippen molar-refractivity contribution in [3.63, 3.8) is 0 Å². The predicted octanol–water partition coefficient (Wildman–Crippen LogP) is 25.2. The van der Waals surface area contributed by atoms with Crippen molar-refractivity contribution in [2.75, 3.05) is 26.4 Å². The van der Waals surface area contributed by atoms with Crippen molar-refractivity contribution < 1.29 is 37.6 Å². The van der Waals surface area contributed by atoms with Crippen molar-refractivity contribution in [2.24, 2.45) is 5.73 Å². The van der Waals surface area contributed by atoms with Gasteiger partial charge in [0.1, 0.15) is 6.61 Å². The van der Waals surface area contributed by atoms with Crippen molar-refractivity contribution in [1.29, 1.82) is 0 Å². The summed E-state index contributed by atoms with van der Waals surface area (Å²) in [7, 11) is -4.41. The lowest BCUT2D eigenvalue weighted by Crippen LogP contribution is -2.29. The topological polar surface area (TPSA) is 134 Å². The second-order valence-corrected chi connectivity index (χ2v) is 26.2. The molecule has 0 aromatic rings. The van der Waals surface area contributed by atoms with Crippen LogP contribution >= 0.6 is 7.82 Å². The Morgan fingerprint density at radius 2 is 0.604 bits per heavy atom. The van der Waals surface area contributed by atoms with Crippen LogP contribution in [-0.4, -0.2) is 49.3 Å². The molecule has 0 saturated heterocycles. The summed E-state index contributed by atoms with van der Waals surface area (Å²) in [6, 6.07) is 0. The first-order valence-electron chi connectivity index (χ1n) is 37.7. The van der Waals surface area contributed by atoms with Crippen LogP contribution < -0.4 is 5.73 Å². The first kappa shape index (κ1) is 87.2. The molecule has 0 amide bonds. The second kappa shape index (κ2) is 75.2. The summed E-state index contributed by atoms with van der Waals surface area (Å²) in [5.74, 6) is -0.834. The minimum absolute atomic E-state index is 0.0470. The van der Waals surface area contributed by atoms with Crippen molar-refractivity contribution in [3.8, 4) is 0 Å². The third-order valence-electron chi connectivity index (χ3n) is 16.1. The molecule has 10 heteroatoms. The van der Waals surface area contributed by atoms with Crippen LogP contribution in [0.15, 0.2) is 134 Å². The lowest BCUT2D eigenvalue weighted by Gasteiger charge is -2.19. The Morgan fingerprint density at radius 3 is 0.901 bits per heavy atom. The van der Waals surface area contributed by atoms with E-state index in [0.29, 0.717) is 6.42 Å². The standard InChI is InChI=1S/C81H140NO8P/c1-3-5-7-9-11-13-15-17-19-21-23-25-27-29-31-33-34-35-36-37-38-39-40-41-42-43-44-46-48-50-52-54-56-58-60-62-64-66-68-70-72-74-81(84)90-79(78-89-91(85,86)88-76-75-82)77-87-80(83)73-71-69-67-65-63-61-59-57-55-53-51-49-47-45-32-30-28-26-24-22-20-18-16-14-12-10-8-6-4-2/h5,7,11,13,17,19,23,25,29,31,34-35,37-38,40-41,43-44,48,50,54,56,79H,3-4,6,8-10,12,14-16,18,20-22,24,26-28,30,32-33,36,39,42,45-47,49,51-53,55,57-78,82H2,1-2H3,(H,85,86)/b7-5-,13-11-,19-17-,25-23-,31-29-,35-34-,38-37-,41-40-,44-43-,50-48-,56-54-. The molecule has 91 heavy (non-hydrogen) atoms. The van der Waals surface area contributed by atoms with Crippen LogP contribution in [0.5, 0.6) is 0 Å². The van der Waals surface area contributed by atoms with Crippen molar-refractivity contribution in [1.82, 2.24) is 0 Å². The molecule has 2 unspecified atom stereocenters. The highest BCUT2D eigenvalue weighted by atomic mass is 31.2. The molecular formula is C81H140NO8P. The van der Waals surface area contributed by atoms with E-state index in [4.69, 9.17) is 24.3 Å². The zero-order chi connectivity index (χ0) is 65.8. The fraction of sp³-hybridized carbons (Fsp3) is 0.704. The Labute approximate surface area is 561 Å². The van der Waals surface area contributed by atoms with Crippen LogP contribution in [0.1, 0.15) is 335 Å². The number of phosphoric acid groups is 1. The maximum Gasteiger partial charge on any atom is 0.472 e. The molecule has 0 rings (SSSR count). The van der Waals surface area contributed by atoms with Crippen LogP contribution in [0.25, 0.3) is 0 Å². The molecule has 0 heterocycles. The fourth-order valence-corrected chi connectivity index (χ4v) is 11.3. The minimum Gasteiger partial charge on any atom is -0.462 e. The first-order chi connectivity index (χ1) is 44.8. The monoisotopic (exact) mass is 1290 g/mol. The van der Waals surface area contributed by atoms with Gasteiger partial charge in [-0.25, -0.2) is 4.57 Å². The molecule has 0 spiro atoms. The van der Waals surface area contributed by atoms with Crippen LogP contribution in [0.3, 0.4) is 0 Å². The molecule has 0 aromatic heterocycles. The molecule has 3 N–H and O–H groups in total. The Hall–Kier alpha value is -3.85. The molecule has 0 radical (unpaired) electrons. The van der Waals surface area contributed by atoms with Gasteiger partial charge in [-0.15, -0.1) is 0 Å². The molecule has 0 aliphatic heterocycles. The number of hydrogen-bond donors (Lipinski definition) is 2. The molecule has 0 aliphatic carbocycles. The summed E-state index contributed by atoms with van der Waals surface area (Å²) in [6.45, 7) is 3.65. The van der Waals surface area contributed by atoms with E-state index in [9.17, 15) is 19.0 Å². The van der Waals surface area contributed by atoms with Gasteiger partial charge in [-0.3, -0.25) is 18.6 Å².